The van der Waals surface area contributed by atoms with Gasteiger partial charge in [-0.1, -0.05) is 24.3 Å². The van der Waals surface area contributed by atoms with Gasteiger partial charge in [-0.05, 0) is 42.8 Å². The first kappa shape index (κ1) is 17.5. The molecule has 132 valence electrons. The molecule has 2 aromatic heterocycles. The zero-order valence-electron chi connectivity index (χ0n) is 14.5. The van der Waals surface area contributed by atoms with E-state index in [1.54, 1.807) is 11.3 Å². The number of aromatic amines is 1. The van der Waals surface area contributed by atoms with Crippen LogP contribution in [0.25, 0.3) is 10.9 Å². The van der Waals surface area contributed by atoms with Gasteiger partial charge in [-0.15, -0.1) is 11.3 Å². The van der Waals surface area contributed by atoms with E-state index < -0.39 is 5.60 Å². The highest BCUT2D eigenvalue weighted by atomic mass is 32.1. The van der Waals surface area contributed by atoms with Gasteiger partial charge in [0.15, 0.2) is 5.96 Å². The van der Waals surface area contributed by atoms with Gasteiger partial charge in [0.2, 0.25) is 0 Å². The van der Waals surface area contributed by atoms with Crippen molar-refractivity contribution in [3.8, 4) is 0 Å². The van der Waals surface area contributed by atoms with E-state index in [1.807, 2.05) is 43.5 Å². The number of rotatable bonds is 6. The number of nitrogens with one attached hydrogen (secondary N) is 3. The molecule has 0 bridgehead atoms. The Hall–Kier alpha value is -2.31. The molecule has 1 aromatic carbocycles. The minimum absolute atomic E-state index is 0.395. The summed E-state index contributed by atoms with van der Waals surface area (Å²) in [5, 5.41) is 20.2. The van der Waals surface area contributed by atoms with Gasteiger partial charge < -0.3 is 20.7 Å². The summed E-state index contributed by atoms with van der Waals surface area (Å²) in [6.45, 7) is 5.54. The predicted octanol–water partition coefficient (Wildman–Crippen LogP) is 3.19. The summed E-state index contributed by atoms with van der Waals surface area (Å²) in [5.74, 6) is 0.693. The molecular weight excluding hydrogens is 332 g/mol. The average Bonchev–Trinajstić information content (AvgIpc) is 3.26. The first-order valence-corrected chi connectivity index (χ1v) is 9.31. The topological polar surface area (TPSA) is 72.4 Å². The molecule has 0 aliphatic carbocycles. The molecule has 0 aliphatic heterocycles. The lowest BCUT2D eigenvalue weighted by molar-refractivity contribution is 0.0655. The lowest BCUT2D eigenvalue weighted by Gasteiger charge is -2.23. The third-order valence-electron chi connectivity index (χ3n) is 3.99. The van der Waals surface area contributed by atoms with Crippen molar-refractivity contribution in [1.82, 2.24) is 15.6 Å². The quantitative estimate of drug-likeness (QED) is 0.405. The number of hydrogen-bond donors (Lipinski definition) is 4. The molecule has 0 fully saturated rings. The second kappa shape index (κ2) is 7.72. The summed E-state index contributed by atoms with van der Waals surface area (Å²) in [7, 11) is 0. The molecule has 0 amide bonds. The molecule has 2 heterocycles. The van der Waals surface area contributed by atoms with Crippen LogP contribution in [0.15, 0.2) is 52.8 Å². The fraction of sp³-hybridized carbons (Fsp3) is 0.316. The molecule has 1 unspecified atom stereocenters. The fourth-order valence-corrected chi connectivity index (χ4v) is 3.44. The molecule has 3 aromatic rings. The van der Waals surface area contributed by atoms with Gasteiger partial charge in [0.05, 0.1) is 13.1 Å². The standard InChI is InChI=1S/C19H24N4OS/c1-3-20-18(22-13-19(2,24)17-9-6-10-25-17)21-12-15-11-14-7-4-5-8-16(14)23-15/h4-11,23-24H,3,12-13H2,1-2H3,(H2,20,21,22). The Bertz CT molecular complexity index is 803. The van der Waals surface area contributed by atoms with Crippen molar-refractivity contribution >= 4 is 28.2 Å². The number of thiophene rings is 1. The van der Waals surface area contributed by atoms with Gasteiger partial charge >= 0.3 is 0 Å². The number of H-pyrrole nitrogens is 1. The molecule has 0 saturated carbocycles. The van der Waals surface area contributed by atoms with Crippen LogP contribution in [0.4, 0.5) is 0 Å². The van der Waals surface area contributed by atoms with Crippen LogP contribution >= 0.6 is 11.3 Å². The number of benzene rings is 1. The number of hydrogen-bond acceptors (Lipinski definition) is 3. The predicted molar refractivity (Wildman–Crippen MR) is 105 cm³/mol. The summed E-state index contributed by atoms with van der Waals surface area (Å²) in [5.41, 5.74) is 1.25. The van der Waals surface area contributed by atoms with Gasteiger partial charge in [0.25, 0.3) is 0 Å². The Kier molecular flexibility index (Phi) is 5.40. The van der Waals surface area contributed by atoms with E-state index in [9.17, 15) is 5.11 Å². The molecule has 1 atom stereocenters. The van der Waals surface area contributed by atoms with E-state index in [1.165, 1.54) is 5.39 Å². The maximum atomic E-state index is 10.6. The van der Waals surface area contributed by atoms with Crippen LogP contribution in [0.2, 0.25) is 0 Å². The minimum atomic E-state index is -0.925. The summed E-state index contributed by atoms with van der Waals surface area (Å²) >= 11 is 1.55. The van der Waals surface area contributed by atoms with Crippen molar-refractivity contribution in [2.45, 2.75) is 26.0 Å². The number of aliphatic hydroxyl groups is 1. The van der Waals surface area contributed by atoms with Crippen LogP contribution in [0, 0.1) is 0 Å². The lowest BCUT2D eigenvalue weighted by atomic mass is 10.1. The third-order valence-corrected chi connectivity index (χ3v) is 5.11. The molecule has 5 nitrogen and oxygen atoms in total. The van der Waals surface area contributed by atoms with Crippen LogP contribution in [-0.4, -0.2) is 29.1 Å². The molecule has 0 spiro atoms. The van der Waals surface area contributed by atoms with E-state index in [0.29, 0.717) is 19.0 Å². The normalized spacial score (nSPS) is 14.4. The highest BCUT2D eigenvalue weighted by molar-refractivity contribution is 7.10. The van der Waals surface area contributed by atoms with Crippen LogP contribution in [0.1, 0.15) is 24.4 Å². The highest BCUT2D eigenvalue weighted by Gasteiger charge is 2.24. The van der Waals surface area contributed by atoms with E-state index in [0.717, 1.165) is 22.6 Å². The molecule has 0 saturated heterocycles. The SMILES string of the molecule is CCNC(=NCc1cc2ccccc2[nH]1)NCC(C)(O)c1cccs1. The summed E-state index contributed by atoms with van der Waals surface area (Å²) in [6, 6.07) is 14.2. The van der Waals surface area contributed by atoms with Gasteiger partial charge in [-0.3, -0.25) is 0 Å². The Balaban J connectivity index is 1.66. The Morgan fingerprint density at radius 3 is 2.80 bits per heavy atom. The van der Waals surface area contributed by atoms with Crippen LogP contribution in [-0.2, 0) is 12.1 Å². The molecule has 3 rings (SSSR count). The molecular formula is C19H24N4OS. The van der Waals surface area contributed by atoms with Crippen molar-refractivity contribution in [1.29, 1.82) is 0 Å². The van der Waals surface area contributed by atoms with E-state index in [2.05, 4.69) is 38.8 Å². The largest absolute Gasteiger partial charge is 0.383 e. The van der Waals surface area contributed by atoms with Crippen LogP contribution in [0.3, 0.4) is 0 Å². The maximum absolute atomic E-state index is 10.6. The monoisotopic (exact) mass is 356 g/mol. The second-order valence-electron chi connectivity index (χ2n) is 6.18. The molecule has 0 radical (unpaired) electrons. The molecule has 0 aliphatic rings. The molecule has 4 N–H and O–H groups in total. The molecule has 6 heteroatoms. The maximum Gasteiger partial charge on any atom is 0.191 e. The van der Waals surface area contributed by atoms with Gasteiger partial charge in [-0.25, -0.2) is 4.99 Å². The second-order valence-corrected chi connectivity index (χ2v) is 7.13. The zero-order chi connectivity index (χ0) is 17.7. The fourth-order valence-electron chi connectivity index (χ4n) is 2.65. The minimum Gasteiger partial charge on any atom is -0.383 e. The number of para-hydroxylation sites is 1. The Morgan fingerprint density at radius 1 is 1.24 bits per heavy atom. The number of nitrogens with zero attached hydrogens (tertiary/aromatic N) is 1. The van der Waals surface area contributed by atoms with Crippen molar-refractivity contribution in [2.75, 3.05) is 13.1 Å². The number of guanidine groups is 1. The highest BCUT2D eigenvalue weighted by Crippen LogP contribution is 2.24. The first-order chi connectivity index (χ1) is 12.1. The summed E-state index contributed by atoms with van der Waals surface area (Å²) in [6.07, 6.45) is 0. The van der Waals surface area contributed by atoms with E-state index in [4.69, 9.17) is 0 Å². The van der Waals surface area contributed by atoms with E-state index >= 15 is 0 Å². The number of fused-ring (bicyclic) bond motifs is 1. The van der Waals surface area contributed by atoms with Crippen molar-refractivity contribution in [3.05, 3.63) is 58.4 Å². The summed E-state index contributed by atoms with van der Waals surface area (Å²) < 4.78 is 0. The van der Waals surface area contributed by atoms with Gasteiger partial charge in [-0.2, -0.15) is 0 Å². The van der Waals surface area contributed by atoms with Gasteiger partial charge in [0, 0.05) is 22.6 Å². The van der Waals surface area contributed by atoms with Crippen molar-refractivity contribution in [3.63, 3.8) is 0 Å². The molecule has 25 heavy (non-hydrogen) atoms. The van der Waals surface area contributed by atoms with Gasteiger partial charge in [0.1, 0.15) is 5.60 Å². The van der Waals surface area contributed by atoms with Crippen molar-refractivity contribution in [2.24, 2.45) is 4.99 Å². The smallest absolute Gasteiger partial charge is 0.191 e. The number of aliphatic imine (C=N–C) groups is 1. The van der Waals surface area contributed by atoms with Crippen LogP contribution < -0.4 is 10.6 Å². The lowest BCUT2D eigenvalue weighted by Crippen LogP contribution is -2.44. The third kappa shape index (κ3) is 4.41. The van der Waals surface area contributed by atoms with E-state index in [-0.39, 0.29) is 0 Å². The first-order valence-electron chi connectivity index (χ1n) is 8.43. The zero-order valence-corrected chi connectivity index (χ0v) is 15.4. The average molecular weight is 356 g/mol. The Morgan fingerprint density at radius 2 is 2.08 bits per heavy atom. The number of aromatic nitrogens is 1. The summed E-state index contributed by atoms with van der Waals surface area (Å²) in [4.78, 5) is 8.93. The Labute approximate surface area is 151 Å². The van der Waals surface area contributed by atoms with Crippen molar-refractivity contribution < 1.29 is 5.11 Å². The van der Waals surface area contributed by atoms with Crippen LogP contribution in [0.5, 0.6) is 0 Å².